The van der Waals surface area contributed by atoms with Crippen LogP contribution in [0.5, 0.6) is 11.5 Å². The molecule has 328 valence electrons. The van der Waals surface area contributed by atoms with E-state index in [-0.39, 0.29) is 19.0 Å². The van der Waals surface area contributed by atoms with Crippen LogP contribution in [0, 0.1) is 11.6 Å². The third-order valence-corrected chi connectivity index (χ3v) is 11.8. The number of rotatable bonds is 20. The van der Waals surface area contributed by atoms with E-state index in [0.717, 1.165) is 32.9 Å². The molecule has 11 nitrogen and oxygen atoms in total. The molecule has 0 bridgehead atoms. The molecule has 0 aliphatic heterocycles. The van der Waals surface area contributed by atoms with Gasteiger partial charge >= 0.3 is 0 Å². The minimum atomic E-state index is -1.00. The van der Waals surface area contributed by atoms with Crippen LogP contribution in [0.4, 0.5) is 20.2 Å². The first-order chi connectivity index (χ1) is 31.3. The van der Waals surface area contributed by atoms with Crippen molar-refractivity contribution in [2.75, 3.05) is 38.1 Å². The molecule has 4 atom stereocenters. The van der Waals surface area contributed by atoms with Crippen LogP contribution in [0.3, 0.4) is 0 Å². The number of Topliss-reactive ketones (excluding diaryl/α,β-unsaturated/α-hetero) is 1. The maximum absolute atomic E-state index is 16.8. The van der Waals surface area contributed by atoms with Crippen molar-refractivity contribution in [3.8, 4) is 11.5 Å². The number of fused-ring (bicyclic) bond motifs is 2. The second kappa shape index (κ2) is 20.0. The highest BCUT2D eigenvalue weighted by atomic mass is 19.1. The summed E-state index contributed by atoms with van der Waals surface area (Å²) in [5.74, 6) is -2.11. The minimum absolute atomic E-state index is 0.0267. The van der Waals surface area contributed by atoms with E-state index in [9.17, 15) is 19.0 Å². The first-order valence-electron chi connectivity index (χ1n) is 21.2. The number of halogens is 2. The Labute approximate surface area is 369 Å². The number of aromatic amines is 2. The van der Waals surface area contributed by atoms with Gasteiger partial charge in [-0.2, -0.15) is 0 Å². The number of carbonyl (C=O) groups excluding carboxylic acids is 1. The molecule has 0 fully saturated rings. The Morgan fingerprint density at radius 3 is 1.42 bits per heavy atom. The van der Waals surface area contributed by atoms with Gasteiger partial charge in [-0.25, -0.2) is 8.78 Å². The summed E-state index contributed by atoms with van der Waals surface area (Å²) in [4.78, 5) is 32.5. The molecule has 4 heterocycles. The molecule has 4 aromatic carbocycles. The Hall–Kier alpha value is -7.09. The maximum atomic E-state index is 16.8. The Bertz CT molecular complexity index is 2640. The van der Waals surface area contributed by atoms with E-state index in [1.165, 1.54) is 24.3 Å². The van der Waals surface area contributed by atoms with Crippen LogP contribution >= 0.6 is 0 Å². The van der Waals surface area contributed by atoms with Gasteiger partial charge in [0.1, 0.15) is 23.1 Å². The van der Waals surface area contributed by atoms with E-state index in [2.05, 4.69) is 42.7 Å². The van der Waals surface area contributed by atoms with Gasteiger partial charge in [0, 0.05) is 59.5 Å². The number of H-pyrrole nitrogens is 2. The summed E-state index contributed by atoms with van der Waals surface area (Å²) in [5.41, 5.74) is 7.29. The Morgan fingerprint density at radius 1 is 0.609 bits per heavy atom. The second-order valence-corrected chi connectivity index (χ2v) is 15.8. The third-order valence-electron chi connectivity index (χ3n) is 11.8. The van der Waals surface area contributed by atoms with Gasteiger partial charge in [0.2, 0.25) is 0 Å². The van der Waals surface area contributed by atoms with Crippen molar-refractivity contribution in [2.24, 2.45) is 0 Å². The highest BCUT2D eigenvalue weighted by molar-refractivity contribution is 6.01. The first kappa shape index (κ1) is 43.6. The number of hydrogen-bond acceptors (Lipinski definition) is 9. The number of nitrogens with zero attached hydrogens (tertiary/aromatic N) is 2. The molecule has 13 heteroatoms. The molecule has 0 amide bonds. The molecule has 0 aliphatic rings. The molecule has 8 rings (SSSR count). The number of aliphatic hydroxyl groups is 2. The molecule has 0 saturated heterocycles. The van der Waals surface area contributed by atoms with Gasteiger partial charge in [0.05, 0.1) is 74.3 Å². The van der Waals surface area contributed by atoms with E-state index < -0.39 is 35.6 Å². The molecule has 0 saturated carbocycles. The van der Waals surface area contributed by atoms with Crippen LogP contribution < -0.4 is 20.1 Å². The Morgan fingerprint density at radius 2 is 1.03 bits per heavy atom. The number of aryl methyl sites for hydroxylation is 2. The van der Waals surface area contributed by atoms with Gasteiger partial charge in [-0.3, -0.25) is 14.8 Å². The summed E-state index contributed by atoms with van der Waals surface area (Å²) in [7, 11) is 3.10. The van der Waals surface area contributed by atoms with Crippen LogP contribution in [0.15, 0.2) is 134 Å². The number of aromatic nitrogens is 4. The fourth-order valence-corrected chi connectivity index (χ4v) is 8.59. The zero-order valence-corrected chi connectivity index (χ0v) is 35.5. The normalized spacial score (nSPS) is 13.3. The lowest BCUT2D eigenvalue weighted by Crippen LogP contribution is -2.34. The average molecular weight is 865 g/mol. The number of carbonyl (C=O) groups is 1. The number of hydrogen-bond donors (Lipinski definition) is 6. The largest absolute Gasteiger partial charge is 0.495 e. The molecule has 0 radical (unpaired) electrons. The molecule has 4 unspecified atom stereocenters. The van der Waals surface area contributed by atoms with Crippen molar-refractivity contribution in [3.63, 3.8) is 0 Å². The number of anilines is 2. The van der Waals surface area contributed by atoms with Gasteiger partial charge in [-0.1, -0.05) is 36.4 Å². The highest BCUT2D eigenvalue weighted by Gasteiger charge is 2.42. The summed E-state index contributed by atoms with van der Waals surface area (Å²) < 4.78 is 40.7. The predicted molar refractivity (Wildman–Crippen MR) is 245 cm³/mol. The fraction of sp³-hybridized carbons (Fsp3) is 0.235. The molecular weight excluding hydrogens is 815 g/mol. The van der Waals surface area contributed by atoms with Gasteiger partial charge in [-0.05, 0) is 108 Å². The van der Waals surface area contributed by atoms with Crippen LogP contribution in [-0.2, 0) is 17.6 Å². The molecule has 8 aromatic rings. The highest BCUT2D eigenvalue weighted by Crippen LogP contribution is 2.47. The molecule has 0 spiro atoms. The topological polar surface area (TPSA) is 157 Å². The molecule has 4 aromatic heterocycles. The maximum Gasteiger partial charge on any atom is 0.152 e. The third kappa shape index (κ3) is 9.60. The van der Waals surface area contributed by atoms with Crippen molar-refractivity contribution in [1.82, 2.24) is 19.9 Å². The van der Waals surface area contributed by atoms with Crippen molar-refractivity contribution in [1.29, 1.82) is 0 Å². The van der Waals surface area contributed by atoms with Crippen molar-refractivity contribution in [2.45, 2.75) is 49.6 Å². The molecular formula is C51H50F2N6O5. The van der Waals surface area contributed by atoms with Gasteiger partial charge in [0.15, 0.2) is 5.78 Å². The lowest BCUT2D eigenvalue weighted by atomic mass is 9.73. The van der Waals surface area contributed by atoms with Gasteiger partial charge in [-0.15, -0.1) is 0 Å². The zero-order chi connectivity index (χ0) is 44.6. The number of benzene rings is 4. The fourth-order valence-electron chi connectivity index (χ4n) is 8.59. The van der Waals surface area contributed by atoms with Crippen molar-refractivity contribution in [3.05, 3.63) is 179 Å². The average Bonchev–Trinajstić information content (AvgIpc) is 3.94. The van der Waals surface area contributed by atoms with E-state index in [1.54, 1.807) is 75.4 Å². The van der Waals surface area contributed by atoms with Crippen LogP contribution in [0.25, 0.3) is 21.8 Å². The van der Waals surface area contributed by atoms with E-state index in [4.69, 9.17) is 9.47 Å². The number of nitrogens with one attached hydrogen (secondary N) is 4. The summed E-state index contributed by atoms with van der Waals surface area (Å²) in [6, 6.07) is 26.2. The Kier molecular flexibility index (Phi) is 13.6. The first-order valence-corrected chi connectivity index (χ1v) is 21.2. The minimum Gasteiger partial charge on any atom is -0.495 e. The Balaban J connectivity index is 1.41. The second-order valence-electron chi connectivity index (χ2n) is 15.8. The van der Waals surface area contributed by atoms with E-state index >= 15 is 4.79 Å². The SMILES string of the molecule is COc1cncc(NC(c2ccc(F)cc2)C(C(=O)C(c2c[nH]c3ccc(CCCO)cc23)C(Nc2cncc(OC)c2)c2ccc(F)cc2)c2c[nH]c3ccc(CCCO)cc23)c1. The number of ether oxygens (including phenoxy) is 2. The van der Waals surface area contributed by atoms with Crippen LogP contribution in [-0.4, -0.2) is 63.4 Å². The van der Waals surface area contributed by atoms with Gasteiger partial charge in [0.25, 0.3) is 0 Å². The smallest absolute Gasteiger partial charge is 0.152 e. The van der Waals surface area contributed by atoms with E-state index in [0.29, 0.717) is 70.8 Å². The van der Waals surface area contributed by atoms with E-state index in [1.807, 2.05) is 36.7 Å². The van der Waals surface area contributed by atoms with Gasteiger partial charge < -0.3 is 40.3 Å². The quantitative estimate of drug-likeness (QED) is 0.0439. The number of methoxy groups -OCH3 is 2. The summed E-state index contributed by atoms with van der Waals surface area (Å²) >= 11 is 0. The zero-order valence-electron chi connectivity index (χ0n) is 35.5. The summed E-state index contributed by atoms with van der Waals surface area (Å²) in [5, 5.41) is 28.4. The lowest BCUT2D eigenvalue weighted by molar-refractivity contribution is -0.122. The summed E-state index contributed by atoms with van der Waals surface area (Å²) in [6.45, 7) is 0.0533. The monoisotopic (exact) mass is 864 g/mol. The number of aliphatic hydroxyl groups excluding tert-OH is 2. The lowest BCUT2D eigenvalue weighted by Gasteiger charge is -2.35. The van der Waals surface area contributed by atoms with Crippen LogP contribution in [0.2, 0.25) is 0 Å². The van der Waals surface area contributed by atoms with Crippen LogP contribution in [0.1, 0.15) is 70.1 Å². The standard InChI is InChI=1S/C51H50F2N6O5/c1-63-39-23-37(25-54-27-39)58-49(33-9-13-35(52)14-10-33)47(43-29-56-45-17-7-31(5-3-19-60)21-41(43)45)51(62)48(44-30-57-46-18-8-32(6-4-20-61)22-42(44)46)50(34-11-15-36(53)16-12-34)59-38-24-40(64-2)28-55-26-38/h7-18,21-30,47-50,56-61H,3-6,19-20H2,1-2H3. The van der Waals surface area contributed by atoms with Crippen molar-refractivity contribution < 1.29 is 33.3 Å². The summed E-state index contributed by atoms with van der Waals surface area (Å²) in [6.07, 6.45) is 12.5. The number of ketones is 1. The number of pyridine rings is 2. The molecule has 0 aliphatic carbocycles. The van der Waals surface area contributed by atoms with Crippen molar-refractivity contribution >= 4 is 39.0 Å². The molecule has 6 N–H and O–H groups in total. The predicted octanol–water partition coefficient (Wildman–Crippen LogP) is 9.73. The molecule has 64 heavy (non-hydrogen) atoms.